The van der Waals surface area contributed by atoms with Crippen LogP contribution >= 0.6 is 15.9 Å². The number of aryl methyl sites for hydroxylation is 1. The van der Waals surface area contributed by atoms with Gasteiger partial charge >= 0.3 is 6.09 Å². The Labute approximate surface area is 151 Å². The molecule has 0 aliphatic heterocycles. The molecule has 0 saturated heterocycles. The molecular weight excluding hydrogens is 378 g/mol. The second-order valence-electron chi connectivity index (χ2n) is 6.07. The second kappa shape index (κ2) is 11.3. The first kappa shape index (κ1) is 20.8. The van der Waals surface area contributed by atoms with E-state index in [4.69, 9.17) is 14.2 Å². The van der Waals surface area contributed by atoms with Gasteiger partial charge in [0.1, 0.15) is 5.60 Å². The van der Waals surface area contributed by atoms with Gasteiger partial charge in [-0.3, -0.25) is 0 Å². The fourth-order valence-electron chi connectivity index (χ4n) is 1.73. The van der Waals surface area contributed by atoms with E-state index in [0.29, 0.717) is 37.7 Å². The smallest absolute Gasteiger partial charge is 0.407 e. The molecule has 1 rings (SSSR count). The van der Waals surface area contributed by atoms with Crippen LogP contribution in [0.3, 0.4) is 0 Å². The van der Waals surface area contributed by atoms with E-state index in [2.05, 4.69) is 31.2 Å². The minimum Gasteiger partial charge on any atom is -0.444 e. The van der Waals surface area contributed by atoms with Crippen LogP contribution < -0.4 is 5.32 Å². The fourth-order valence-corrected chi connectivity index (χ4v) is 2.07. The highest BCUT2D eigenvalue weighted by atomic mass is 79.9. The Hall–Kier alpha value is -1.25. The van der Waals surface area contributed by atoms with Crippen molar-refractivity contribution in [3.63, 3.8) is 0 Å². The van der Waals surface area contributed by atoms with Crippen LogP contribution in [0, 0.1) is 0 Å². The maximum atomic E-state index is 11.4. The van der Waals surface area contributed by atoms with Crippen molar-refractivity contribution >= 4 is 22.0 Å². The molecule has 0 saturated carbocycles. The molecule has 24 heavy (non-hydrogen) atoms. The molecule has 0 atom stereocenters. The number of halogens is 1. The van der Waals surface area contributed by atoms with Crippen molar-refractivity contribution < 1.29 is 19.0 Å². The van der Waals surface area contributed by atoms with Crippen LogP contribution in [-0.4, -0.2) is 54.6 Å². The number of amides is 1. The van der Waals surface area contributed by atoms with Gasteiger partial charge in [0.15, 0.2) is 4.73 Å². The highest BCUT2D eigenvalue weighted by Gasteiger charge is 2.15. The number of alkyl carbamates (subject to hydrolysis) is 1. The number of carbonyl (C=O) groups is 1. The van der Waals surface area contributed by atoms with Crippen LogP contribution in [0.4, 0.5) is 4.79 Å². The molecular formula is C16H26BrN3O4. The van der Waals surface area contributed by atoms with Gasteiger partial charge in [0, 0.05) is 25.0 Å². The molecule has 7 nitrogen and oxygen atoms in total. The van der Waals surface area contributed by atoms with E-state index in [1.54, 1.807) is 6.20 Å². The largest absolute Gasteiger partial charge is 0.444 e. The molecule has 1 amide bonds. The average Bonchev–Trinajstić information content (AvgIpc) is 2.47. The van der Waals surface area contributed by atoms with Gasteiger partial charge < -0.3 is 19.5 Å². The number of carbonyl (C=O) groups excluding carboxylic acids is 1. The lowest BCUT2D eigenvalue weighted by Gasteiger charge is -2.19. The molecule has 1 heterocycles. The van der Waals surface area contributed by atoms with E-state index in [-0.39, 0.29) is 0 Å². The van der Waals surface area contributed by atoms with E-state index in [0.717, 1.165) is 18.5 Å². The van der Waals surface area contributed by atoms with Crippen molar-refractivity contribution in [2.75, 3.05) is 33.0 Å². The monoisotopic (exact) mass is 403 g/mol. The molecule has 1 aromatic rings. The SMILES string of the molecule is CC(C)(C)OC(=O)NCCOCCOCCCc1ccnc(Br)n1. The van der Waals surface area contributed by atoms with Gasteiger partial charge in [0.2, 0.25) is 0 Å². The van der Waals surface area contributed by atoms with Gasteiger partial charge in [-0.25, -0.2) is 14.8 Å². The minimum atomic E-state index is -0.485. The summed E-state index contributed by atoms with van der Waals surface area (Å²) >= 11 is 3.24. The number of ether oxygens (including phenoxy) is 3. The normalized spacial score (nSPS) is 11.3. The predicted molar refractivity (Wildman–Crippen MR) is 93.9 cm³/mol. The van der Waals surface area contributed by atoms with Crippen LogP contribution in [0.5, 0.6) is 0 Å². The zero-order valence-corrected chi connectivity index (χ0v) is 16.1. The van der Waals surface area contributed by atoms with Crippen molar-refractivity contribution in [1.82, 2.24) is 15.3 Å². The van der Waals surface area contributed by atoms with E-state index >= 15 is 0 Å². The molecule has 136 valence electrons. The summed E-state index contributed by atoms with van der Waals surface area (Å²) in [7, 11) is 0. The number of aromatic nitrogens is 2. The summed E-state index contributed by atoms with van der Waals surface area (Å²) in [4.78, 5) is 19.6. The van der Waals surface area contributed by atoms with E-state index in [1.807, 2.05) is 26.8 Å². The minimum absolute atomic E-state index is 0.414. The molecule has 0 fully saturated rings. The topological polar surface area (TPSA) is 82.6 Å². The van der Waals surface area contributed by atoms with Gasteiger partial charge in [-0.1, -0.05) is 0 Å². The Kier molecular flexibility index (Phi) is 9.82. The van der Waals surface area contributed by atoms with Gasteiger partial charge in [-0.2, -0.15) is 0 Å². The summed E-state index contributed by atoms with van der Waals surface area (Å²) in [5.41, 5.74) is 0.505. The number of hydrogen-bond donors (Lipinski definition) is 1. The Morgan fingerprint density at radius 2 is 1.92 bits per heavy atom. The van der Waals surface area contributed by atoms with Crippen molar-refractivity contribution in [2.24, 2.45) is 0 Å². The van der Waals surface area contributed by atoms with E-state index in [9.17, 15) is 4.79 Å². The molecule has 0 radical (unpaired) electrons. The molecule has 0 spiro atoms. The van der Waals surface area contributed by atoms with Crippen LogP contribution in [0.25, 0.3) is 0 Å². The average molecular weight is 404 g/mol. The first-order valence-corrected chi connectivity index (χ1v) is 8.76. The molecule has 1 aromatic heterocycles. The van der Waals surface area contributed by atoms with Gasteiger partial charge in [-0.15, -0.1) is 0 Å². The molecule has 0 aliphatic carbocycles. The van der Waals surface area contributed by atoms with Crippen molar-refractivity contribution in [2.45, 2.75) is 39.2 Å². The molecule has 0 aromatic carbocycles. The highest BCUT2D eigenvalue weighted by molar-refractivity contribution is 9.10. The van der Waals surface area contributed by atoms with Gasteiger partial charge in [-0.05, 0) is 55.6 Å². The summed E-state index contributed by atoms with van der Waals surface area (Å²) < 4.78 is 16.6. The highest BCUT2D eigenvalue weighted by Crippen LogP contribution is 2.06. The Morgan fingerprint density at radius 1 is 1.21 bits per heavy atom. The lowest BCUT2D eigenvalue weighted by Crippen LogP contribution is -2.34. The molecule has 0 bridgehead atoms. The van der Waals surface area contributed by atoms with Crippen LogP contribution in [-0.2, 0) is 20.6 Å². The van der Waals surface area contributed by atoms with Crippen LogP contribution in [0.2, 0.25) is 0 Å². The van der Waals surface area contributed by atoms with Crippen molar-refractivity contribution in [1.29, 1.82) is 0 Å². The molecule has 8 heteroatoms. The standard InChI is InChI=1S/C16H26BrN3O4/c1-16(2,3)24-15(21)19-8-10-23-12-11-22-9-4-5-13-6-7-18-14(17)20-13/h6-7H,4-5,8-12H2,1-3H3,(H,19,21). The quantitative estimate of drug-likeness (QED) is 0.477. The van der Waals surface area contributed by atoms with Crippen LogP contribution in [0.1, 0.15) is 32.9 Å². The zero-order chi connectivity index (χ0) is 17.8. The van der Waals surface area contributed by atoms with Crippen LogP contribution in [0.15, 0.2) is 17.0 Å². The first-order chi connectivity index (χ1) is 11.4. The number of rotatable bonds is 10. The maximum Gasteiger partial charge on any atom is 0.407 e. The Morgan fingerprint density at radius 3 is 2.58 bits per heavy atom. The second-order valence-corrected chi connectivity index (χ2v) is 6.78. The molecule has 0 aliphatic rings. The summed E-state index contributed by atoms with van der Waals surface area (Å²) in [5.74, 6) is 0. The molecule has 0 unspecified atom stereocenters. The third kappa shape index (κ3) is 11.3. The summed E-state index contributed by atoms with van der Waals surface area (Å²) in [6.07, 6.45) is 3.04. The third-order valence-corrected chi connectivity index (χ3v) is 3.07. The summed E-state index contributed by atoms with van der Waals surface area (Å²) in [6.45, 7) is 7.99. The summed E-state index contributed by atoms with van der Waals surface area (Å²) in [5, 5.41) is 2.63. The van der Waals surface area contributed by atoms with Gasteiger partial charge in [0.25, 0.3) is 0 Å². The van der Waals surface area contributed by atoms with Crippen molar-refractivity contribution in [3.05, 3.63) is 22.7 Å². The Balaban J connectivity index is 1.90. The third-order valence-electron chi connectivity index (χ3n) is 2.69. The van der Waals surface area contributed by atoms with Gasteiger partial charge in [0.05, 0.1) is 19.8 Å². The number of nitrogens with zero attached hydrogens (tertiary/aromatic N) is 2. The lowest BCUT2D eigenvalue weighted by atomic mass is 10.2. The first-order valence-electron chi connectivity index (χ1n) is 7.96. The zero-order valence-electron chi connectivity index (χ0n) is 14.5. The summed E-state index contributed by atoms with van der Waals surface area (Å²) in [6, 6.07) is 1.89. The predicted octanol–water partition coefficient (Wildman–Crippen LogP) is 2.73. The van der Waals surface area contributed by atoms with E-state index in [1.165, 1.54) is 0 Å². The van der Waals surface area contributed by atoms with Crippen molar-refractivity contribution in [3.8, 4) is 0 Å². The maximum absolute atomic E-state index is 11.4. The number of hydrogen-bond acceptors (Lipinski definition) is 6. The van der Waals surface area contributed by atoms with E-state index < -0.39 is 11.7 Å². The molecule has 1 N–H and O–H groups in total. The fraction of sp³-hybridized carbons (Fsp3) is 0.688. The Bertz CT molecular complexity index is 494. The lowest BCUT2D eigenvalue weighted by molar-refractivity contribution is 0.0394. The number of nitrogens with one attached hydrogen (secondary N) is 1.